The molecule has 0 amide bonds. The molecule has 0 unspecified atom stereocenters. The Morgan fingerprint density at radius 2 is 2.04 bits per heavy atom. The summed E-state index contributed by atoms with van der Waals surface area (Å²) in [5.41, 5.74) is 0. The average molecular weight is 461 g/mol. The lowest BCUT2D eigenvalue weighted by Gasteiger charge is -2.12. The third-order valence-electron chi connectivity index (χ3n) is 4.90. The van der Waals surface area contributed by atoms with Crippen molar-refractivity contribution >= 4 is 29.9 Å². The van der Waals surface area contributed by atoms with E-state index in [-0.39, 0.29) is 24.0 Å². The molecule has 2 N–H and O–H groups in total. The van der Waals surface area contributed by atoms with Crippen LogP contribution in [0.15, 0.2) is 17.4 Å². The van der Waals surface area contributed by atoms with E-state index in [1.807, 2.05) is 6.20 Å². The molecule has 6 heteroatoms. The van der Waals surface area contributed by atoms with E-state index in [9.17, 15) is 0 Å². The fourth-order valence-corrected chi connectivity index (χ4v) is 3.47. The molecule has 1 aliphatic rings. The fourth-order valence-electron chi connectivity index (χ4n) is 3.47. The van der Waals surface area contributed by atoms with Crippen molar-refractivity contribution in [2.75, 3.05) is 19.6 Å². The Hall–Kier alpha value is -0.790. The van der Waals surface area contributed by atoms with Crippen LogP contribution in [-0.4, -0.2) is 35.1 Å². The van der Waals surface area contributed by atoms with Crippen LogP contribution in [0.4, 0.5) is 0 Å². The number of rotatable bonds is 10. The number of guanidine groups is 1. The van der Waals surface area contributed by atoms with Gasteiger partial charge in [-0.3, -0.25) is 4.99 Å². The highest BCUT2D eigenvalue weighted by molar-refractivity contribution is 14.0. The number of aliphatic imine (C=N–C) groups is 1. The minimum atomic E-state index is 0. The Bertz CT molecular complexity index is 480. The van der Waals surface area contributed by atoms with E-state index in [4.69, 9.17) is 4.99 Å². The zero-order valence-corrected chi connectivity index (χ0v) is 18.3. The number of nitrogens with zero attached hydrogens (tertiary/aromatic N) is 3. The molecule has 1 aliphatic carbocycles. The Kier molecular flexibility index (Phi) is 11.9. The van der Waals surface area contributed by atoms with Crippen molar-refractivity contribution in [1.29, 1.82) is 0 Å². The Morgan fingerprint density at radius 1 is 1.24 bits per heavy atom. The molecular formula is C19H36IN5. The molecule has 1 aromatic rings. The van der Waals surface area contributed by atoms with Crippen LogP contribution in [0.1, 0.15) is 64.1 Å². The van der Waals surface area contributed by atoms with Gasteiger partial charge in [-0.1, -0.05) is 25.7 Å². The summed E-state index contributed by atoms with van der Waals surface area (Å²) in [6.07, 6.45) is 14.6. The molecule has 1 saturated carbocycles. The topological polar surface area (TPSA) is 54.2 Å². The van der Waals surface area contributed by atoms with Gasteiger partial charge >= 0.3 is 0 Å². The van der Waals surface area contributed by atoms with Crippen molar-refractivity contribution in [3.05, 3.63) is 18.2 Å². The molecule has 1 aromatic heterocycles. The SMILES string of the molecule is CCNC(=NCCCC1CCCC1)NCCCCn1ccnc1C.I. The normalized spacial score (nSPS) is 15.2. The lowest BCUT2D eigenvalue weighted by molar-refractivity contribution is 0.487. The van der Waals surface area contributed by atoms with Crippen molar-refractivity contribution in [2.45, 2.75) is 71.8 Å². The maximum absolute atomic E-state index is 4.72. The van der Waals surface area contributed by atoms with Crippen LogP contribution < -0.4 is 10.6 Å². The van der Waals surface area contributed by atoms with E-state index in [0.717, 1.165) is 56.7 Å². The molecule has 0 aliphatic heterocycles. The molecule has 0 spiro atoms. The van der Waals surface area contributed by atoms with E-state index in [1.54, 1.807) is 0 Å². The zero-order valence-electron chi connectivity index (χ0n) is 16.0. The highest BCUT2D eigenvalue weighted by Gasteiger charge is 2.13. The summed E-state index contributed by atoms with van der Waals surface area (Å²) in [7, 11) is 0. The molecule has 144 valence electrons. The summed E-state index contributed by atoms with van der Waals surface area (Å²) in [5, 5.41) is 6.81. The van der Waals surface area contributed by atoms with E-state index in [0.29, 0.717) is 0 Å². The minimum Gasteiger partial charge on any atom is -0.357 e. The summed E-state index contributed by atoms with van der Waals surface area (Å²) in [6, 6.07) is 0. The first-order valence-electron chi connectivity index (χ1n) is 9.79. The maximum Gasteiger partial charge on any atom is 0.191 e. The second-order valence-corrected chi connectivity index (χ2v) is 6.86. The maximum atomic E-state index is 4.72. The summed E-state index contributed by atoms with van der Waals surface area (Å²) >= 11 is 0. The van der Waals surface area contributed by atoms with Gasteiger partial charge in [0.2, 0.25) is 0 Å². The number of hydrogen-bond acceptors (Lipinski definition) is 2. The van der Waals surface area contributed by atoms with Gasteiger partial charge in [0.25, 0.3) is 0 Å². The largest absolute Gasteiger partial charge is 0.357 e. The van der Waals surface area contributed by atoms with E-state index < -0.39 is 0 Å². The summed E-state index contributed by atoms with van der Waals surface area (Å²) < 4.78 is 2.21. The van der Waals surface area contributed by atoms with Crippen LogP contribution in [0.5, 0.6) is 0 Å². The molecule has 0 bridgehead atoms. The first-order chi connectivity index (χ1) is 11.8. The highest BCUT2D eigenvalue weighted by Crippen LogP contribution is 2.28. The summed E-state index contributed by atoms with van der Waals surface area (Å²) in [6.45, 7) is 8.06. The van der Waals surface area contributed by atoms with Crippen molar-refractivity contribution in [1.82, 2.24) is 20.2 Å². The van der Waals surface area contributed by atoms with Crippen LogP contribution in [-0.2, 0) is 6.54 Å². The van der Waals surface area contributed by atoms with Gasteiger partial charge in [0.15, 0.2) is 5.96 Å². The third kappa shape index (κ3) is 8.92. The van der Waals surface area contributed by atoms with Crippen LogP contribution in [0.25, 0.3) is 0 Å². The minimum absolute atomic E-state index is 0. The van der Waals surface area contributed by atoms with Gasteiger partial charge in [0.1, 0.15) is 5.82 Å². The number of nitrogens with one attached hydrogen (secondary N) is 2. The quantitative estimate of drug-likeness (QED) is 0.239. The third-order valence-corrected chi connectivity index (χ3v) is 4.90. The van der Waals surface area contributed by atoms with Gasteiger partial charge in [-0.15, -0.1) is 24.0 Å². The predicted molar refractivity (Wildman–Crippen MR) is 117 cm³/mol. The van der Waals surface area contributed by atoms with Crippen LogP contribution >= 0.6 is 24.0 Å². The van der Waals surface area contributed by atoms with Gasteiger partial charge in [-0.25, -0.2) is 4.98 Å². The summed E-state index contributed by atoms with van der Waals surface area (Å²) in [5.74, 6) is 3.05. The van der Waals surface area contributed by atoms with Crippen LogP contribution in [0.2, 0.25) is 0 Å². The van der Waals surface area contributed by atoms with E-state index in [1.165, 1.54) is 38.5 Å². The molecular weight excluding hydrogens is 425 g/mol. The van der Waals surface area contributed by atoms with Crippen molar-refractivity contribution in [3.8, 4) is 0 Å². The van der Waals surface area contributed by atoms with Gasteiger partial charge in [0.05, 0.1) is 0 Å². The molecule has 0 saturated heterocycles. The zero-order chi connectivity index (χ0) is 17.0. The lowest BCUT2D eigenvalue weighted by atomic mass is 10.0. The fraction of sp³-hybridized carbons (Fsp3) is 0.789. The smallest absolute Gasteiger partial charge is 0.191 e. The number of unbranched alkanes of at least 4 members (excludes halogenated alkanes) is 1. The number of aryl methyl sites for hydroxylation is 2. The van der Waals surface area contributed by atoms with Gasteiger partial charge in [-0.2, -0.15) is 0 Å². The predicted octanol–water partition coefficient (Wildman–Crippen LogP) is 4.12. The lowest BCUT2D eigenvalue weighted by Crippen LogP contribution is -2.38. The van der Waals surface area contributed by atoms with Gasteiger partial charge in [0, 0.05) is 38.6 Å². The summed E-state index contributed by atoms with van der Waals surface area (Å²) in [4.78, 5) is 8.97. The first kappa shape index (κ1) is 22.3. The Morgan fingerprint density at radius 3 is 2.72 bits per heavy atom. The molecule has 5 nitrogen and oxygen atoms in total. The Balaban J connectivity index is 0.00000312. The molecule has 0 aromatic carbocycles. The van der Waals surface area contributed by atoms with Crippen LogP contribution in [0, 0.1) is 12.8 Å². The Labute approximate surface area is 170 Å². The van der Waals surface area contributed by atoms with Crippen molar-refractivity contribution < 1.29 is 0 Å². The molecule has 0 atom stereocenters. The van der Waals surface area contributed by atoms with E-state index >= 15 is 0 Å². The monoisotopic (exact) mass is 461 g/mol. The van der Waals surface area contributed by atoms with Gasteiger partial charge < -0.3 is 15.2 Å². The second kappa shape index (κ2) is 13.4. The second-order valence-electron chi connectivity index (χ2n) is 6.86. The van der Waals surface area contributed by atoms with Crippen molar-refractivity contribution in [3.63, 3.8) is 0 Å². The number of halogens is 1. The molecule has 0 radical (unpaired) electrons. The number of aromatic nitrogens is 2. The van der Waals surface area contributed by atoms with Crippen LogP contribution in [0.3, 0.4) is 0 Å². The standard InChI is InChI=1S/C19H35N5.HI/c1-3-20-19(23-13-8-11-18-9-4-5-10-18)22-12-6-7-15-24-16-14-21-17(24)2;/h14,16,18H,3-13,15H2,1-2H3,(H2,20,22,23);1H. The first-order valence-corrected chi connectivity index (χ1v) is 9.79. The molecule has 1 fully saturated rings. The molecule has 1 heterocycles. The number of imidazole rings is 1. The molecule has 25 heavy (non-hydrogen) atoms. The average Bonchev–Trinajstić information content (AvgIpc) is 3.23. The number of hydrogen-bond donors (Lipinski definition) is 2. The van der Waals surface area contributed by atoms with Crippen molar-refractivity contribution in [2.24, 2.45) is 10.9 Å². The highest BCUT2D eigenvalue weighted by atomic mass is 127. The van der Waals surface area contributed by atoms with Gasteiger partial charge in [-0.05, 0) is 45.4 Å². The molecule has 2 rings (SSSR count). The van der Waals surface area contributed by atoms with E-state index in [2.05, 4.69) is 40.2 Å².